The van der Waals surface area contributed by atoms with Crippen molar-refractivity contribution >= 4 is 66.4 Å². The number of pyridine rings is 1. The third kappa shape index (κ3) is 7.76. The quantitative estimate of drug-likeness (QED) is 0.149. The normalized spacial score (nSPS) is 13.7. The molecule has 0 radical (unpaired) electrons. The molecule has 4 heterocycles. The van der Waals surface area contributed by atoms with Crippen LogP contribution >= 0.6 is 0 Å². The van der Waals surface area contributed by atoms with E-state index in [2.05, 4.69) is 172 Å². The van der Waals surface area contributed by atoms with E-state index < -0.39 is 6.85 Å². The van der Waals surface area contributed by atoms with Gasteiger partial charge in [0.2, 0.25) is 0 Å². The Morgan fingerprint density at radius 2 is 1.11 bits per heavy atom. The fraction of sp³-hybridized carbons (Fsp3) is 0.143. The van der Waals surface area contributed by atoms with E-state index in [1.165, 1.54) is 11.1 Å². The Balaban J connectivity index is 0.00000574. The Morgan fingerprint density at radius 3 is 1.77 bits per heavy atom. The number of ether oxygens (including phenoxy) is 1. The number of benzene rings is 8. The summed E-state index contributed by atoms with van der Waals surface area (Å²) in [6, 6.07) is 67.0. The minimum absolute atomic E-state index is 0. The second-order valence-electron chi connectivity index (χ2n) is 20.1. The predicted molar refractivity (Wildman–Crippen MR) is 286 cm³/mol. The van der Waals surface area contributed by atoms with E-state index >= 15 is 0 Å². The fourth-order valence-electron chi connectivity index (χ4n) is 9.86. The monoisotopic (exact) mass is 1090 g/mol. The summed E-state index contributed by atoms with van der Waals surface area (Å²) >= 11 is 0. The van der Waals surface area contributed by atoms with Crippen molar-refractivity contribution in [2.75, 3.05) is 9.80 Å². The Morgan fingerprint density at radius 1 is 0.529 bits per heavy atom. The van der Waals surface area contributed by atoms with Gasteiger partial charge in [-0.05, 0) is 106 Å². The molecule has 0 bridgehead atoms. The Bertz CT molecular complexity index is 3850. The molecule has 348 valence electrons. The topological polar surface area (TPSA) is 38.5 Å². The van der Waals surface area contributed by atoms with Crippen LogP contribution in [-0.2, 0) is 31.9 Å². The predicted octanol–water partition coefficient (Wildman–Crippen LogP) is 16.6. The number of para-hydroxylation sites is 5. The van der Waals surface area contributed by atoms with Crippen molar-refractivity contribution in [3.05, 3.63) is 218 Å². The summed E-state index contributed by atoms with van der Waals surface area (Å²) in [4.78, 5) is 9.47. The van der Waals surface area contributed by atoms with Crippen LogP contribution in [0.25, 0.3) is 66.2 Å². The maximum Gasteiger partial charge on any atom is 0.135 e. The first-order chi connectivity index (χ1) is 34.6. The number of nitrogens with zero attached hydrogens (tertiary/aromatic N) is 5. The van der Waals surface area contributed by atoms with E-state index in [0.717, 1.165) is 72.1 Å². The van der Waals surface area contributed by atoms with Gasteiger partial charge in [0.25, 0.3) is 0 Å². The summed E-state index contributed by atoms with van der Waals surface area (Å²) in [6.45, 7) is 13.3. The van der Waals surface area contributed by atoms with Crippen molar-refractivity contribution in [3.63, 3.8) is 0 Å². The maximum atomic E-state index is 8.87. The van der Waals surface area contributed by atoms with Crippen molar-refractivity contribution in [1.82, 2.24) is 14.1 Å². The van der Waals surface area contributed by atoms with Crippen molar-refractivity contribution in [2.24, 2.45) is 0 Å². The van der Waals surface area contributed by atoms with Crippen LogP contribution in [-0.4, -0.2) is 14.1 Å². The average molecular weight is 1090 g/mol. The number of rotatable bonds is 7. The van der Waals surface area contributed by atoms with E-state index in [9.17, 15) is 0 Å². The van der Waals surface area contributed by atoms with Crippen molar-refractivity contribution in [3.8, 4) is 34.1 Å². The fourth-order valence-corrected chi connectivity index (χ4v) is 9.86. The van der Waals surface area contributed by atoms with Crippen LogP contribution in [0.15, 0.2) is 182 Å². The van der Waals surface area contributed by atoms with Gasteiger partial charge in [-0.2, -0.15) is 12.1 Å². The molecule has 7 heteroatoms. The summed E-state index contributed by atoms with van der Waals surface area (Å²) in [5.74, 6) is 1.47. The maximum absolute atomic E-state index is 8.87. The summed E-state index contributed by atoms with van der Waals surface area (Å²) in [5, 5.41) is 4.23. The molecule has 0 fully saturated rings. The molecule has 0 aliphatic carbocycles. The van der Waals surface area contributed by atoms with Gasteiger partial charge in [-0.3, -0.25) is 0 Å². The molecule has 0 saturated heterocycles. The van der Waals surface area contributed by atoms with Gasteiger partial charge in [-0.1, -0.05) is 132 Å². The summed E-state index contributed by atoms with van der Waals surface area (Å²) in [7, 11) is 0. The van der Waals surface area contributed by atoms with Crippen LogP contribution in [0.4, 0.5) is 22.7 Å². The molecule has 11 aromatic rings. The first-order valence-electron chi connectivity index (χ1n) is 25.0. The van der Waals surface area contributed by atoms with Crippen molar-refractivity contribution < 1.29 is 29.9 Å². The third-order valence-electron chi connectivity index (χ3n) is 13.5. The standard InChI is InChI=1S/C63H52N5O.Pt/c1-41-32-61(64-39-54(41)42-18-16-20-46(33-42)67-55-25-11-8-22-50(55)51-23-9-12-26-56(51)67)68-57-27-13-10-24-52(57)53-31-30-49(38-60(53)68)69-48-21-17-19-45(37-48)65-40-66(59-29-15-14-28-58(59)65)47-35-43(62(2,3)4)34-44(36-47)63(5,6)7;/h8-36,39-40H,1-7H3;/q-3;/i1D3;. The van der Waals surface area contributed by atoms with Gasteiger partial charge in [0.1, 0.15) is 5.82 Å². The number of aryl methyl sites for hydroxylation is 1. The Labute approximate surface area is 428 Å². The molecule has 8 aromatic carbocycles. The number of hydrogen-bond acceptors (Lipinski definition) is 4. The molecular formula is C63H52N5OPt-3. The van der Waals surface area contributed by atoms with Crippen LogP contribution in [0.1, 0.15) is 62.3 Å². The SMILES string of the molecule is [2H]C([2H])([2H])c1cc(-n2c3[c-]c(Oc4[c-]c(N5[CH-]N(c6cc(C(C)(C)C)cc(C(C)(C)C)c6)c6ccccc65)ccc4)ccc3c3ccccc32)ncc1-c1cccc(-n2c3ccccc3c3ccccc32)c1.[Pt]. The zero-order valence-electron chi connectivity index (χ0n) is 42.9. The van der Waals surface area contributed by atoms with Gasteiger partial charge >= 0.3 is 0 Å². The van der Waals surface area contributed by atoms with E-state index in [-0.39, 0.29) is 37.5 Å². The molecule has 1 aliphatic rings. The summed E-state index contributed by atoms with van der Waals surface area (Å²) in [6.07, 6.45) is 1.70. The molecule has 0 saturated carbocycles. The third-order valence-corrected chi connectivity index (χ3v) is 13.5. The largest absolute Gasteiger partial charge is 0.509 e. The van der Waals surface area contributed by atoms with Gasteiger partial charge in [0.05, 0.1) is 11.0 Å². The van der Waals surface area contributed by atoms with E-state index in [1.54, 1.807) is 12.3 Å². The molecule has 3 aromatic heterocycles. The molecule has 0 unspecified atom stereocenters. The summed E-state index contributed by atoms with van der Waals surface area (Å²) in [5.41, 5.74) is 12.7. The molecule has 6 nitrogen and oxygen atoms in total. The van der Waals surface area contributed by atoms with E-state index in [4.69, 9.17) is 13.8 Å². The van der Waals surface area contributed by atoms with Crippen LogP contribution in [0.5, 0.6) is 11.5 Å². The van der Waals surface area contributed by atoms with E-state index in [0.29, 0.717) is 28.4 Å². The molecule has 12 rings (SSSR count). The van der Waals surface area contributed by atoms with E-state index in [1.807, 2.05) is 77.4 Å². The molecule has 1 aliphatic heterocycles. The zero-order valence-corrected chi connectivity index (χ0v) is 42.1. The first kappa shape index (κ1) is 41.6. The van der Waals surface area contributed by atoms with Crippen LogP contribution < -0.4 is 14.5 Å². The molecule has 70 heavy (non-hydrogen) atoms. The van der Waals surface area contributed by atoms with Gasteiger partial charge in [-0.25, -0.2) is 4.98 Å². The number of aromatic nitrogens is 3. The summed E-state index contributed by atoms with van der Waals surface area (Å²) < 4.78 is 37.5. The van der Waals surface area contributed by atoms with Crippen molar-refractivity contribution in [1.29, 1.82) is 0 Å². The number of anilines is 4. The van der Waals surface area contributed by atoms with Gasteiger partial charge < -0.3 is 23.7 Å². The van der Waals surface area contributed by atoms with Crippen molar-refractivity contribution in [2.45, 2.75) is 59.2 Å². The molecule has 0 amide bonds. The van der Waals surface area contributed by atoms with Crippen LogP contribution in [0, 0.1) is 25.7 Å². The average Bonchev–Trinajstić information content (AvgIpc) is 4.04. The van der Waals surface area contributed by atoms with Gasteiger partial charge in [-0.15, -0.1) is 48.1 Å². The first-order valence-corrected chi connectivity index (χ1v) is 23.5. The molecule has 0 spiro atoms. The molecule has 0 N–H and O–H groups in total. The number of fused-ring (bicyclic) bond motifs is 7. The zero-order chi connectivity index (χ0) is 49.7. The van der Waals surface area contributed by atoms with Gasteiger partial charge in [0.15, 0.2) is 0 Å². The second kappa shape index (κ2) is 17.2. The number of hydrogen-bond donors (Lipinski definition) is 0. The Kier molecular flexibility index (Phi) is 10.2. The second-order valence-corrected chi connectivity index (χ2v) is 20.1. The smallest absolute Gasteiger partial charge is 0.135 e. The van der Waals surface area contributed by atoms with Gasteiger partial charge in [0, 0.05) is 87.5 Å². The minimum atomic E-state index is -2.45. The molecule has 0 atom stereocenters. The molecular weight excluding hydrogens is 1040 g/mol. The van der Waals surface area contributed by atoms with Crippen LogP contribution in [0.3, 0.4) is 0 Å². The minimum Gasteiger partial charge on any atom is -0.509 e. The Hall–Kier alpha value is -7.40. The van der Waals surface area contributed by atoms with Crippen LogP contribution in [0.2, 0.25) is 0 Å².